The molecule has 0 unspecified atom stereocenters. The first-order chi connectivity index (χ1) is 11.4. The topological polar surface area (TPSA) is 70.9 Å². The van der Waals surface area contributed by atoms with Crippen LogP contribution in [0.15, 0.2) is 42.2 Å². The van der Waals surface area contributed by atoms with Crippen LogP contribution in [0.2, 0.25) is 0 Å². The van der Waals surface area contributed by atoms with Gasteiger partial charge in [-0.05, 0) is 24.3 Å². The first-order valence-corrected chi connectivity index (χ1v) is 8.28. The maximum Gasteiger partial charge on any atom is 0.208 e. The number of pyridine rings is 1. The normalized spacial score (nSPS) is 15.0. The maximum atomic E-state index is 4.38. The van der Waals surface area contributed by atoms with Crippen molar-refractivity contribution in [2.24, 2.45) is 0 Å². The van der Waals surface area contributed by atoms with Crippen molar-refractivity contribution in [2.75, 3.05) is 36.0 Å². The van der Waals surface area contributed by atoms with Crippen molar-refractivity contribution >= 4 is 22.3 Å². The van der Waals surface area contributed by atoms with Crippen LogP contribution < -0.4 is 9.80 Å². The van der Waals surface area contributed by atoms with Gasteiger partial charge >= 0.3 is 0 Å². The van der Waals surface area contributed by atoms with Crippen molar-refractivity contribution in [3.05, 3.63) is 42.2 Å². The van der Waals surface area contributed by atoms with Crippen molar-refractivity contribution < 1.29 is 0 Å². The largest absolute Gasteiger partial charge is 0.352 e. The molecule has 23 heavy (non-hydrogen) atoms. The van der Waals surface area contributed by atoms with Crippen LogP contribution in [0.5, 0.6) is 0 Å². The summed E-state index contributed by atoms with van der Waals surface area (Å²) in [6.45, 7) is 3.65. The summed E-state index contributed by atoms with van der Waals surface area (Å²) in [7, 11) is 0. The molecule has 0 bridgehead atoms. The molecule has 116 valence electrons. The van der Waals surface area contributed by atoms with Gasteiger partial charge in [-0.25, -0.2) is 0 Å². The van der Waals surface area contributed by atoms with Crippen LogP contribution in [0.3, 0.4) is 0 Å². The summed E-state index contributed by atoms with van der Waals surface area (Å²) in [5.41, 5.74) is 3.66. The van der Waals surface area contributed by atoms with Crippen LogP contribution in [0.4, 0.5) is 10.9 Å². The molecule has 1 aliphatic rings. The van der Waals surface area contributed by atoms with Gasteiger partial charge in [-0.15, -0.1) is 20.4 Å². The molecule has 8 heteroatoms. The molecular weight excluding hydrogens is 310 g/mol. The van der Waals surface area contributed by atoms with E-state index < -0.39 is 0 Å². The fourth-order valence-corrected chi connectivity index (χ4v) is 3.22. The lowest BCUT2D eigenvalue weighted by Crippen LogP contribution is -2.46. The van der Waals surface area contributed by atoms with E-state index in [2.05, 4.69) is 35.2 Å². The quantitative estimate of drug-likeness (QED) is 0.726. The molecule has 1 fully saturated rings. The van der Waals surface area contributed by atoms with Crippen molar-refractivity contribution in [1.82, 2.24) is 25.4 Å². The molecule has 0 aromatic carbocycles. The van der Waals surface area contributed by atoms with Gasteiger partial charge in [0.25, 0.3) is 0 Å². The van der Waals surface area contributed by atoms with E-state index in [1.54, 1.807) is 29.2 Å². The zero-order chi connectivity index (χ0) is 15.5. The fourth-order valence-electron chi connectivity index (χ4n) is 2.60. The van der Waals surface area contributed by atoms with E-state index in [0.717, 1.165) is 48.4 Å². The summed E-state index contributed by atoms with van der Waals surface area (Å²) in [6, 6.07) is 7.91. The molecule has 4 heterocycles. The van der Waals surface area contributed by atoms with Gasteiger partial charge in [0.2, 0.25) is 5.13 Å². The number of hydrogen-bond acceptors (Lipinski definition) is 8. The predicted molar refractivity (Wildman–Crippen MR) is 89.6 cm³/mol. The molecule has 0 aliphatic carbocycles. The molecule has 0 radical (unpaired) electrons. The van der Waals surface area contributed by atoms with E-state index in [9.17, 15) is 0 Å². The summed E-state index contributed by atoms with van der Waals surface area (Å²) >= 11 is 1.58. The lowest BCUT2D eigenvalue weighted by atomic mass is 10.2. The van der Waals surface area contributed by atoms with E-state index in [1.807, 2.05) is 24.3 Å². The highest BCUT2D eigenvalue weighted by atomic mass is 32.1. The second-order valence-corrected chi connectivity index (χ2v) is 6.02. The van der Waals surface area contributed by atoms with Gasteiger partial charge in [0.15, 0.2) is 5.82 Å². The average Bonchev–Trinajstić information content (AvgIpc) is 3.18. The monoisotopic (exact) mass is 325 g/mol. The van der Waals surface area contributed by atoms with Crippen molar-refractivity contribution in [3.63, 3.8) is 0 Å². The standard InChI is InChI=1S/C15H15N7S/c1-2-14(19-18-13(1)12-3-5-16-6-4-12)21-7-9-22(10-8-21)15-20-17-11-23-15/h1-6,11H,7-10H2. The molecule has 0 N–H and O–H groups in total. The van der Waals surface area contributed by atoms with Crippen LogP contribution in [0.1, 0.15) is 0 Å². The van der Waals surface area contributed by atoms with Gasteiger partial charge < -0.3 is 9.80 Å². The Hall–Kier alpha value is -2.61. The van der Waals surface area contributed by atoms with Gasteiger partial charge in [0, 0.05) is 44.1 Å². The number of piperazine rings is 1. The summed E-state index contributed by atoms with van der Waals surface area (Å²) in [4.78, 5) is 8.53. The van der Waals surface area contributed by atoms with E-state index in [-0.39, 0.29) is 0 Å². The Balaban J connectivity index is 1.43. The predicted octanol–water partition coefficient (Wildman–Crippen LogP) is 1.72. The highest BCUT2D eigenvalue weighted by molar-refractivity contribution is 7.13. The Kier molecular flexibility index (Phi) is 3.81. The van der Waals surface area contributed by atoms with Crippen LogP contribution in [0, 0.1) is 0 Å². The molecule has 3 aromatic rings. The Labute approximate surface area is 137 Å². The van der Waals surface area contributed by atoms with Gasteiger partial charge in [-0.2, -0.15) is 0 Å². The zero-order valence-electron chi connectivity index (χ0n) is 12.4. The molecule has 1 saturated heterocycles. The summed E-state index contributed by atoms with van der Waals surface area (Å²) in [5.74, 6) is 0.916. The summed E-state index contributed by atoms with van der Waals surface area (Å²) < 4.78 is 0. The maximum absolute atomic E-state index is 4.38. The third-order valence-corrected chi connectivity index (χ3v) is 4.60. The average molecular weight is 325 g/mol. The fraction of sp³-hybridized carbons (Fsp3) is 0.267. The van der Waals surface area contributed by atoms with Crippen molar-refractivity contribution in [1.29, 1.82) is 0 Å². The van der Waals surface area contributed by atoms with E-state index in [0.29, 0.717) is 0 Å². The number of hydrogen-bond donors (Lipinski definition) is 0. The Morgan fingerprint density at radius 1 is 0.826 bits per heavy atom. The highest BCUT2D eigenvalue weighted by Crippen LogP contribution is 2.21. The minimum Gasteiger partial charge on any atom is -0.352 e. The zero-order valence-corrected chi connectivity index (χ0v) is 13.2. The van der Waals surface area contributed by atoms with Crippen LogP contribution in [0.25, 0.3) is 11.3 Å². The Morgan fingerprint density at radius 3 is 2.26 bits per heavy atom. The molecule has 3 aromatic heterocycles. The van der Waals surface area contributed by atoms with E-state index >= 15 is 0 Å². The third kappa shape index (κ3) is 2.98. The van der Waals surface area contributed by atoms with Gasteiger partial charge in [-0.3, -0.25) is 4.98 Å². The lowest BCUT2D eigenvalue weighted by Gasteiger charge is -2.34. The first kappa shape index (κ1) is 14.0. The smallest absolute Gasteiger partial charge is 0.208 e. The molecule has 1 aliphatic heterocycles. The van der Waals surface area contributed by atoms with Gasteiger partial charge in [0.1, 0.15) is 5.51 Å². The molecule has 0 saturated carbocycles. The molecule has 0 atom stereocenters. The van der Waals surface area contributed by atoms with Gasteiger partial charge in [-0.1, -0.05) is 11.3 Å². The van der Waals surface area contributed by atoms with E-state index in [4.69, 9.17) is 0 Å². The molecule has 7 nitrogen and oxygen atoms in total. The summed E-state index contributed by atoms with van der Waals surface area (Å²) in [6.07, 6.45) is 3.52. The third-order valence-electron chi connectivity index (χ3n) is 3.85. The second-order valence-electron chi connectivity index (χ2n) is 5.21. The Morgan fingerprint density at radius 2 is 1.61 bits per heavy atom. The SMILES string of the molecule is c1cc(-c2ccc(N3CCN(c4nncs4)CC3)nn2)ccn1. The number of rotatable bonds is 3. The molecule has 0 amide bonds. The summed E-state index contributed by atoms with van der Waals surface area (Å²) in [5, 5.41) is 17.7. The lowest BCUT2D eigenvalue weighted by molar-refractivity contribution is 0.640. The number of nitrogens with zero attached hydrogens (tertiary/aromatic N) is 7. The van der Waals surface area contributed by atoms with Crippen LogP contribution in [-0.4, -0.2) is 51.6 Å². The van der Waals surface area contributed by atoms with E-state index in [1.165, 1.54) is 0 Å². The highest BCUT2D eigenvalue weighted by Gasteiger charge is 2.20. The number of aromatic nitrogens is 5. The minimum atomic E-state index is 0.864. The first-order valence-electron chi connectivity index (χ1n) is 7.40. The van der Waals surface area contributed by atoms with Gasteiger partial charge in [0.05, 0.1) is 5.69 Å². The minimum absolute atomic E-state index is 0.864. The van der Waals surface area contributed by atoms with Crippen molar-refractivity contribution in [2.45, 2.75) is 0 Å². The molecular formula is C15H15N7S. The Bertz CT molecular complexity index is 737. The van der Waals surface area contributed by atoms with Crippen LogP contribution in [-0.2, 0) is 0 Å². The van der Waals surface area contributed by atoms with Crippen molar-refractivity contribution in [3.8, 4) is 11.3 Å². The molecule has 0 spiro atoms. The number of anilines is 2. The van der Waals surface area contributed by atoms with Crippen LogP contribution >= 0.6 is 11.3 Å². The second kappa shape index (κ2) is 6.25. The molecule has 4 rings (SSSR count).